The molecule has 1 rings (SSSR count). The third kappa shape index (κ3) is 4.29. The van der Waals surface area contributed by atoms with Gasteiger partial charge in [-0.25, -0.2) is 0 Å². The third-order valence-corrected chi connectivity index (χ3v) is 4.60. The lowest BCUT2D eigenvalue weighted by atomic mass is 9.66. The van der Waals surface area contributed by atoms with Gasteiger partial charge < -0.3 is 4.74 Å². The number of carbonyl (C=O) groups is 1. The van der Waals surface area contributed by atoms with Crippen LogP contribution < -0.4 is 0 Å². The van der Waals surface area contributed by atoms with Crippen molar-refractivity contribution in [1.82, 2.24) is 0 Å². The van der Waals surface area contributed by atoms with E-state index in [4.69, 9.17) is 4.74 Å². The molecule has 0 N–H and O–H groups in total. The molecule has 0 aromatic rings. The van der Waals surface area contributed by atoms with Crippen molar-refractivity contribution in [2.45, 2.75) is 60.3 Å². The zero-order valence-corrected chi connectivity index (χ0v) is 12.7. The molecule has 4 atom stereocenters. The molecule has 0 aromatic heterocycles. The minimum atomic E-state index is -0.0631. The Bertz CT molecular complexity index is 260. The summed E-state index contributed by atoms with van der Waals surface area (Å²) in [6.45, 7) is 11.7. The molecule has 0 amide bonds. The summed E-state index contributed by atoms with van der Waals surface area (Å²) in [5, 5.41) is 0. The molecule has 1 saturated carbocycles. The number of ether oxygens (including phenoxy) is 1. The van der Waals surface area contributed by atoms with Crippen LogP contribution in [0.3, 0.4) is 0 Å². The quantitative estimate of drug-likeness (QED) is 0.684. The summed E-state index contributed by atoms with van der Waals surface area (Å²) < 4.78 is 5.33. The Balaban J connectivity index is 2.55. The van der Waals surface area contributed by atoms with Crippen LogP contribution >= 0.6 is 0 Å². The van der Waals surface area contributed by atoms with Crippen molar-refractivity contribution in [3.8, 4) is 0 Å². The van der Waals surface area contributed by atoms with Crippen LogP contribution in [0.1, 0.15) is 60.3 Å². The molecule has 1 aliphatic rings. The fourth-order valence-corrected chi connectivity index (χ4v) is 3.38. The Morgan fingerprint density at radius 2 is 1.89 bits per heavy atom. The van der Waals surface area contributed by atoms with Gasteiger partial charge in [-0.15, -0.1) is 0 Å². The Morgan fingerprint density at radius 1 is 1.22 bits per heavy atom. The van der Waals surface area contributed by atoms with Crippen LogP contribution in [-0.4, -0.2) is 12.6 Å². The average molecular weight is 254 g/mol. The van der Waals surface area contributed by atoms with E-state index in [2.05, 4.69) is 27.7 Å². The molecule has 0 saturated heterocycles. The van der Waals surface area contributed by atoms with Gasteiger partial charge in [-0.1, -0.05) is 41.0 Å². The van der Waals surface area contributed by atoms with Crippen LogP contribution in [0, 0.1) is 29.6 Å². The number of hydrogen-bond acceptors (Lipinski definition) is 2. The van der Waals surface area contributed by atoms with E-state index in [0.717, 1.165) is 23.7 Å². The highest BCUT2D eigenvalue weighted by molar-refractivity contribution is 5.68. The highest BCUT2D eigenvalue weighted by Gasteiger charge is 2.34. The lowest BCUT2D eigenvalue weighted by Gasteiger charge is -2.40. The molecule has 1 aliphatic carbocycles. The van der Waals surface area contributed by atoms with Gasteiger partial charge in [0, 0.05) is 6.42 Å². The molecule has 18 heavy (non-hydrogen) atoms. The second-order valence-corrected chi connectivity index (χ2v) is 6.50. The standard InChI is InChI=1S/C16H30O2/c1-6-16(17)18-10-13(5)15-9-12(4)7-8-14(15)11(2)3/h11-15H,6-10H2,1-5H3. The monoisotopic (exact) mass is 254 g/mol. The first kappa shape index (κ1) is 15.5. The highest BCUT2D eigenvalue weighted by atomic mass is 16.5. The van der Waals surface area contributed by atoms with E-state index in [1.165, 1.54) is 19.3 Å². The lowest BCUT2D eigenvalue weighted by Crippen LogP contribution is -2.34. The first-order chi connectivity index (χ1) is 8.45. The molecule has 0 heterocycles. The Kier molecular flexibility index (Phi) is 6.17. The van der Waals surface area contributed by atoms with Crippen LogP contribution in [-0.2, 0) is 9.53 Å². The normalized spacial score (nSPS) is 30.2. The van der Waals surface area contributed by atoms with Gasteiger partial charge in [0.1, 0.15) is 0 Å². The molecular formula is C16H30O2. The van der Waals surface area contributed by atoms with Gasteiger partial charge in [-0.3, -0.25) is 4.79 Å². The second-order valence-electron chi connectivity index (χ2n) is 6.50. The summed E-state index contributed by atoms with van der Waals surface area (Å²) in [6, 6.07) is 0. The SMILES string of the molecule is CCC(=O)OCC(C)C1CC(C)CCC1C(C)C. The molecule has 2 nitrogen and oxygen atoms in total. The van der Waals surface area contributed by atoms with E-state index >= 15 is 0 Å². The van der Waals surface area contributed by atoms with E-state index in [0.29, 0.717) is 18.9 Å². The molecule has 0 spiro atoms. The van der Waals surface area contributed by atoms with Crippen LogP contribution in [0.2, 0.25) is 0 Å². The van der Waals surface area contributed by atoms with Gasteiger partial charge >= 0.3 is 5.97 Å². The van der Waals surface area contributed by atoms with Crippen LogP contribution in [0.5, 0.6) is 0 Å². The molecule has 0 aliphatic heterocycles. The summed E-state index contributed by atoms with van der Waals surface area (Å²) in [5.41, 5.74) is 0. The van der Waals surface area contributed by atoms with E-state index < -0.39 is 0 Å². The maximum absolute atomic E-state index is 11.3. The molecular weight excluding hydrogens is 224 g/mol. The maximum atomic E-state index is 11.3. The number of hydrogen-bond donors (Lipinski definition) is 0. The van der Waals surface area contributed by atoms with E-state index in [1.807, 2.05) is 6.92 Å². The van der Waals surface area contributed by atoms with Crippen LogP contribution in [0.25, 0.3) is 0 Å². The fraction of sp³-hybridized carbons (Fsp3) is 0.938. The molecule has 1 fully saturated rings. The predicted octanol–water partition coefficient (Wildman–Crippen LogP) is 4.28. The topological polar surface area (TPSA) is 26.3 Å². The fourth-order valence-electron chi connectivity index (χ4n) is 3.38. The van der Waals surface area contributed by atoms with Gasteiger partial charge in [-0.05, 0) is 42.4 Å². The summed E-state index contributed by atoms with van der Waals surface area (Å²) in [6.07, 6.45) is 4.49. The lowest BCUT2D eigenvalue weighted by molar-refractivity contribution is -0.145. The highest BCUT2D eigenvalue weighted by Crippen LogP contribution is 2.41. The minimum Gasteiger partial charge on any atom is -0.465 e. The molecule has 4 unspecified atom stereocenters. The van der Waals surface area contributed by atoms with Crippen molar-refractivity contribution in [1.29, 1.82) is 0 Å². The van der Waals surface area contributed by atoms with Gasteiger partial charge in [0.15, 0.2) is 0 Å². The summed E-state index contributed by atoms with van der Waals surface area (Å²) in [7, 11) is 0. The largest absolute Gasteiger partial charge is 0.465 e. The summed E-state index contributed by atoms with van der Waals surface area (Å²) >= 11 is 0. The number of carbonyl (C=O) groups excluding carboxylic acids is 1. The Morgan fingerprint density at radius 3 is 2.44 bits per heavy atom. The molecule has 0 bridgehead atoms. The van der Waals surface area contributed by atoms with Gasteiger partial charge in [-0.2, -0.15) is 0 Å². The van der Waals surface area contributed by atoms with Crippen molar-refractivity contribution in [2.75, 3.05) is 6.61 Å². The Hall–Kier alpha value is -0.530. The minimum absolute atomic E-state index is 0.0631. The van der Waals surface area contributed by atoms with Gasteiger partial charge in [0.25, 0.3) is 0 Å². The first-order valence-corrected chi connectivity index (χ1v) is 7.61. The smallest absolute Gasteiger partial charge is 0.305 e. The second kappa shape index (κ2) is 7.16. The molecule has 106 valence electrons. The van der Waals surface area contributed by atoms with Crippen molar-refractivity contribution >= 4 is 5.97 Å². The maximum Gasteiger partial charge on any atom is 0.305 e. The molecule has 0 aromatic carbocycles. The summed E-state index contributed by atoms with van der Waals surface area (Å²) in [4.78, 5) is 11.3. The third-order valence-electron chi connectivity index (χ3n) is 4.60. The van der Waals surface area contributed by atoms with Crippen LogP contribution in [0.15, 0.2) is 0 Å². The molecule has 0 radical (unpaired) electrons. The van der Waals surface area contributed by atoms with Crippen molar-refractivity contribution in [2.24, 2.45) is 29.6 Å². The summed E-state index contributed by atoms with van der Waals surface area (Å²) in [5.74, 6) is 3.53. The first-order valence-electron chi connectivity index (χ1n) is 7.61. The van der Waals surface area contributed by atoms with Crippen LogP contribution in [0.4, 0.5) is 0 Å². The number of rotatable bonds is 5. The zero-order chi connectivity index (χ0) is 13.7. The van der Waals surface area contributed by atoms with Crippen molar-refractivity contribution in [3.63, 3.8) is 0 Å². The van der Waals surface area contributed by atoms with E-state index in [9.17, 15) is 4.79 Å². The van der Waals surface area contributed by atoms with Gasteiger partial charge in [0.05, 0.1) is 6.61 Å². The zero-order valence-electron chi connectivity index (χ0n) is 12.7. The predicted molar refractivity (Wildman–Crippen MR) is 75.2 cm³/mol. The molecule has 2 heteroatoms. The van der Waals surface area contributed by atoms with Crippen molar-refractivity contribution in [3.05, 3.63) is 0 Å². The van der Waals surface area contributed by atoms with Gasteiger partial charge in [0.2, 0.25) is 0 Å². The van der Waals surface area contributed by atoms with Crippen molar-refractivity contribution < 1.29 is 9.53 Å². The van der Waals surface area contributed by atoms with E-state index in [-0.39, 0.29) is 5.97 Å². The average Bonchev–Trinajstić information content (AvgIpc) is 2.34. The number of esters is 1. The van der Waals surface area contributed by atoms with E-state index in [1.54, 1.807) is 0 Å². The Labute approximate surface area is 112 Å².